The molecule has 0 spiro atoms. The molecule has 0 aromatic rings. The average Bonchev–Trinajstić information content (AvgIpc) is 2.28. The lowest BCUT2D eigenvalue weighted by molar-refractivity contribution is 0.122. The fourth-order valence-corrected chi connectivity index (χ4v) is 3.10. The van der Waals surface area contributed by atoms with Crippen LogP contribution in [0.3, 0.4) is 0 Å². The van der Waals surface area contributed by atoms with Crippen molar-refractivity contribution in [1.29, 1.82) is 0 Å². The minimum absolute atomic E-state index is 0.393. The SMILES string of the molecule is CC(C)CCCN(C)CC(C)(C)CN1CCNCC1. The molecule has 114 valence electrons. The number of hydrogen-bond acceptors (Lipinski definition) is 3. The van der Waals surface area contributed by atoms with Crippen molar-refractivity contribution in [3.05, 3.63) is 0 Å². The Morgan fingerprint density at radius 3 is 2.42 bits per heavy atom. The summed E-state index contributed by atoms with van der Waals surface area (Å²) in [6, 6.07) is 0. The molecule has 3 nitrogen and oxygen atoms in total. The molecule has 1 aliphatic rings. The molecule has 0 saturated carbocycles. The molecule has 0 aromatic heterocycles. The lowest BCUT2D eigenvalue weighted by Gasteiger charge is -2.37. The van der Waals surface area contributed by atoms with Gasteiger partial charge in [0.1, 0.15) is 0 Å². The maximum Gasteiger partial charge on any atom is 0.0108 e. The Labute approximate surface area is 120 Å². The molecule has 1 heterocycles. The fraction of sp³-hybridized carbons (Fsp3) is 1.00. The van der Waals surface area contributed by atoms with Gasteiger partial charge >= 0.3 is 0 Å². The summed E-state index contributed by atoms with van der Waals surface area (Å²) in [5.74, 6) is 0.835. The molecular formula is C16H35N3. The van der Waals surface area contributed by atoms with E-state index in [0.717, 1.165) is 19.0 Å². The molecule has 19 heavy (non-hydrogen) atoms. The Morgan fingerprint density at radius 2 is 1.84 bits per heavy atom. The minimum Gasteiger partial charge on any atom is -0.314 e. The van der Waals surface area contributed by atoms with Gasteiger partial charge in [-0.3, -0.25) is 0 Å². The van der Waals surface area contributed by atoms with Gasteiger partial charge in [0.15, 0.2) is 0 Å². The second kappa shape index (κ2) is 8.23. The van der Waals surface area contributed by atoms with Crippen LogP contribution >= 0.6 is 0 Å². The molecule has 1 fully saturated rings. The third-order valence-corrected chi connectivity index (χ3v) is 3.88. The predicted octanol–water partition coefficient (Wildman–Crippen LogP) is 2.29. The number of hydrogen-bond donors (Lipinski definition) is 1. The molecule has 1 aliphatic heterocycles. The first-order valence-corrected chi connectivity index (χ1v) is 8.01. The van der Waals surface area contributed by atoms with Gasteiger partial charge in [-0.05, 0) is 37.8 Å². The number of piperazine rings is 1. The van der Waals surface area contributed by atoms with Gasteiger partial charge in [0.05, 0.1) is 0 Å². The van der Waals surface area contributed by atoms with Crippen molar-refractivity contribution in [1.82, 2.24) is 15.1 Å². The Bertz CT molecular complexity index is 232. The number of rotatable bonds is 8. The molecule has 0 unspecified atom stereocenters. The van der Waals surface area contributed by atoms with Crippen LogP contribution in [0.15, 0.2) is 0 Å². The monoisotopic (exact) mass is 269 g/mol. The van der Waals surface area contributed by atoms with E-state index >= 15 is 0 Å². The third kappa shape index (κ3) is 7.91. The largest absolute Gasteiger partial charge is 0.314 e. The van der Waals surface area contributed by atoms with Crippen molar-refractivity contribution < 1.29 is 0 Å². The molecule has 0 aliphatic carbocycles. The molecule has 1 N–H and O–H groups in total. The summed E-state index contributed by atoms with van der Waals surface area (Å²) in [5.41, 5.74) is 0.393. The highest BCUT2D eigenvalue weighted by atomic mass is 15.2. The second-order valence-corrected chi connectivity index (χ2v) is 7.46. The zero-order valence-electron chi connectivity index (χ0n) is 13.8. The molecule has 0 aromatic carbocycles. The quantitative estimate of drug-likeness (QED) is 0.729. The molecule has 1 rings (SSSR count). The van der Waals surface area contributed by atoms with Crippen LogP contribution in [0.25, 0.3) is 0 Å². The lowest BCUT2D eigenvalue weighted by Crippen LogP contribution is -2.49. The summed E-state index contributed by atoms with van der Waals surface area (Å²) >= 11 is 0. The average molecular weight is 269 g/mol. The first-order valence-electron chi connectivity index (χ1n) is 8.01. The van der Waals surface area contributed by atoms with Gasteiger partial charge in [-0.25, -0.2) is 0 Å². The highest BCUT2D eigenvalue weighted by molar-refractivity contribution is 4.79. The van der Waals surface area contributed by atoms with Gasteiger partial charge in [-0.2, -0.15) is 0 Å². The Morgan fingerprint density at radius 1 is 1.21 bits per heavy atom. The summed E-state index contributed by atoms with van der Waals surface area (Å²) < 4.78 is 0. The summed E-state index contributed by atoms with van der Waals surface area (Å²) in [6.07, 6.45) is 2.68. The lowest BCUT2D eigenvalue weighted by atomic mass is 9.91. The van der Waals surface area contributed by atoms with E-state index in [2.05, 4.69) is 49.9 Å². The van der Waals surface area contributed by atoms with Crippen LogP contribution in [-0.4, -0.2) is 62.7 Å². The standard InChI is InChI=1S/C16H35N3/c1-15(2)7-6-10-18(5)13-16(3,4)14-19-11-8-17-9-12-19/h15,17H,6-14H2,1-5H3. The second-order valence-electron chi connectivity index (χ2n) is 7.46. The first-order chi connectivity index (χ1) is 8.89. The van der Waals surface area contributed by atoms with E-state index in [9.17, 15) is 0 Å². The molecule has 0 radical (unpaired) electrons. The van der Waals surface area contributed by atoms with Crippen LogP contribution in [0.4, 0.5) is 0 Å². The maximum atomic E-state index is 3.43. The highest BCUT2D eigenvalue weighted by Gasteiger charge is 2.24. The van der Waals surface area contributed by atoms with E-state index in [-0.39, 0.29) is 0 Å². The Kier molecular flexibility index (Phi) is 7.33. The minimum atomic E-state index is 0.393. The van der Waals surface area contributed by atoms with Crippen molar-refractivity contribution in [2.24, 2.45) is 11.3 Å². The summed E-state index contributed by atoms with van der Waals surface area (Å²) in [4.78, 5) is 5.13. The van der Waals surface area contributed by atoms with Gasteiger partial charge in [0.2, 0.25) is 0 Å². The normalized spacial score (nSPS) is 18.5. The molecule has 3 heteroatoms. The van der Waals surface area contributed by atoms with Gasteiger partial charge in [0, 0.05) is 39.3 Å². The van der Waals surface area contributed by atoms with Crippen LogP contribution in [0.5, 0.6) is 0 Å². The topological polar surface area (TPSA) is 18.5 Å². The van der Waals surface area contributed by atoms with E-state index in [1.165, 1.54) is 45.6 Å². The molecule has 0 amide bonds. The van der Waals surface area contributed by atoms with E-state index in [0.29, 0.717) is 5.41 Å². The van der Waals surface area contributed by atoms with Crippen LogP contribution in [0.2, 0.25) is 0 Å². The van der Waals surface area contributed by atoms with Gasteiger partial charge < -0.3 is 15.1 Å². The molecule has 0 atom stereocenters. The van der Waals surface area contributed by atoms with E-state index < -0.39 is 0 Å². The molecule has 1 saturated heterocycles. The van der Waals surface area contributed by atoms with Crippen molar-refractivity contribution >= 4 is 0 Å². The van der Waals surface area contributed by atoms with Crippen LogP contribution in [-0.2, 0) is 0 Å². The maximum absolute atomic E-state index is 3.43. The highest BCUT2D eigenvalue weighted by Crippen LogP contribution is 2.19. The number of nitrogens with one attached hydrogen (secondary N) is 1. The summed E-state index contributed by atoms with van der Waals surface area (Å²) in [5, 5.41) is 3.43. The van der Waals surface area contributed by atoms with Crippen molar-refractivity contribution in [2.45, 2.75) is 40.5 Å². The van der Waals surface area contributed by atoms with E-state index in [1.807, 2.05) is 0 Å². The van der Waals surface area contributed by atoms with E-state index in [1.54, 1.807) is 0 Å². The van der Waals surface area contributed by atoms with Gasteiger partial charge in [-0.15, -0.1) is 0 Å². The Balaban J connectivity index is 2.23. The third-order valence-electron chi connectivity index (χ3n) is 3.88. The summed E-state index contributed by atoms with van der Waals surface area (Å²) in [6.45, 7) is 17.8. The van der Waals surface area contributed by atoms with Crippen LogP contribution in [0.1, 0.15) is 40.5 Å². The zero-order chi connectivity index (χ0) is 14.3. The van der Waals surface area contributed by atoms with Crippen molar-refractivity contribution in [3.8, 4) is 0 Å². The fourth-order valence-electron chi connectivity index (χ4n) is 3.10. The molecular weight excluding hydrogens is 234 g/mol. The predicted molar refractivity (Wildman–Crippen MR) is 84.7 cm³/mol. The smallest absolute Gasteiger partial charge is 0.0108 e. The van der Waals surface area contributed by atoms with Crippen molar-refractivity contribution in [3.63, 3.8) is 0 Å². The van der Waals surface area contributed by atoms with Gasteiger partial charge in [0.25, 0.3) is 0 Å². The Hall–Kier alpha value is -0.120. The molecule has 0 bridgehead atoms. The van der Waals surface area contributed by atoms with Crippen molar-refractivity contribution in [2.75, 3.05) is 52.9 Å². The number of nitrogens with zero attached hydrogens (tertiary/aromatic N) is 2. The summed E-state index contributed by atoms with van der Waals surface area (Å²) in [7, 11) is 2.28. The zero-order valence-corrected chi connectivity index (χ0v) is 13.8. The van der Waals surface area contributed by atoms with Crippen LogP contribution < -0.4 is 5.32 Å². The van der Waals surface area contributed by atoms with E-state index in [4.69, 9.17) is 0 Å². The van der Waals surface area contributed by atoms with Gasteiger partial charge in [-0.1, -0.05) is 27.7 Å². The van der Waals surface area contributed by atoms with Crippen LogP contribution in [0, 0.1) is 11.3 Å². The first kappa shape index (κ1) is 16.9.